The molecule has 0 spiro atoms. The third-order valence-electron chi connectivity index (χ3n) is 3.42. The van der Waals surface area contributed by atoms with Gasteiger partial charge >= 0.3 is 0 Å². The zero-order valence-corrected chi connectivity index (χ0v) is 13.6. The van der Waals surface area contributed by atoms with Crippen molar-refractivity contribution >= 4 is 0 Å². The third kappa shape index (κ3) is 7.25. The van der Waals surface area contributed by atoms with Crippen LogP contribution < -0.4 is 5.32 Å². The van der Waals surface area contributed by atoms with Gasteiger partial charge in [-0.3, -0.25) is 0 Å². The molecule has 19 heavy (non-hydrogen) atoms. The molecule has 1 N–H and O–H groups in total. The number of nitrogens with one attached hydrogen (secondary N) is 1. The minimum Gasteiger partial charge on any atom is -0.378 e. The SMILES string of the molecule is CN(C)CCOCCOC1CC(C)(C)NC(C)(C)C1. The van der Waals surface area contributed by atoms with Gasteiger partial charge in [0.15, 0.2) is 0 Å². The molecule has 1 saturated heterocycles. The smallest absolute Gasteiger partial charge is 0.0704 e. The van der Waals surface area contributed by atoms with E-state index in [1.54, 1.807) is 0 Å². The van der Waals surface area contributed by atoms with Crippen molar-refractivity contribution in [3.05, 3.63) is 0 Å². The van der Waals surface area contributed by atoms with Crippen molar-refractivity contribution in [2.24, 2.45) is 0 Å². The Labute approximate surface area is 118 Å². The van der Waals surface area contributed by atoms with Gasteiger partial charge in [-0.05, 0) is 54.6 Å². The highest BCUT2D eigenvalue weighted by molar-refractivity contribution is 4.97. The molecule has 1 fully saturated rings. The Balaban J connectivity index is 2.18. The molecular formula is C15H32N2O2. The second kappa shape index (κ2) is 7.02. The third-order valence-corrected chi connectivity index (χ3v) is 3.42. The molecule has 0 amide bonds. The molecule has 0 aromatic rings. The Kier molecular flexibility index (Phi) is 6.24. The molecule has 4 nitrogen and oxygen atoms in total. The van der Waals surface area contributed by atoms with Crippen LogP contribution in [-0.2, 0) is 9.47 Å². The zero-order valence-electron chi connectivity index (χ0n) is 13.6. The van der Waals surface area contributed by atoms with Crippen LogP contribution in [-0.4, -0.2) is 62.5 Å². The van der Waals surface area contributed by atoms with Crippen LogP contribution in [0.2, 0.25) is 0 Å². The Morgan fingerprint density at radius 3 is 2.11 bits per heavy atom. The Bertz CT molecular complexity index is 249. The first-order valence-electron chi connectivity index (χ1n) is 7.34. The maximum atomic E-state index is 5.98. The quantitative estimate of drug-likeness (QED) is 0.718. The second-order valence-electron chi connectivity index (χ2n) is 7.21. The molecule has 1 aliphatic heterocycles. The topological polar surface area (TPSA) is 33.7 Å². The van der Waals surface area contributed by atoms with Crippen molar-refractivity contribution in [2.75, 3.05) is 40.5 Å². The standard InChI is InChI=1S/C15H32N2O2/c1-14(2)11-13(12-15(3,4)16-14)19-10-9-18-8-7-17(5)6/h13,16H,7-12H2,1-6H3. The lowest BCUT2D eigenvalue weighted by molar-refractivity contribution is -0.0442. The number of hydrogen-bond donors (Lipinski definition) is 1. The van der Waals surface area contributed by atoms with Gasteiger partial charge < -0.3 is 19.7 Å². The molecule has 1 aliphatic rings. The molecule has 0 aromatic carbocycles. The predicted octanol–water partition coefficient (Wildman–Crippen LogP) is 1.89. The molecule has 0 aliphatic carbocycles. The lowest BCUT2D eigenvalue weighted by Gasteiger charge is -2.46. The monoisotopic (exact) mass is 272 g/mol. The van der Waals surface area contributed by atoms with Gasteiger partial charge in [0.2, 0.25) is 0 Å². The summed E-state index contributed by atoms with van der Waals surface area (Å²) in [5.74, 6) is 0. The maximum Gasteiger partial charge on any atom is 0.0704 e. The fourth-order valence-corrected chi connectivity index (χ4v) is 2.97. The van der Waals surface area contributed by atoms with E-state index in [9.17, 15) is 0 Å². The fraction of sp³-hybridized carbons (Fsp3) is 1.00. The van der Waals surface area contributed by atoms with Gasteiger partial charge in [0.25, 0.3) is 0 Å². The van der Waals surface area contributed by atoms with Gasteiger partial charge in [-0.2, -0.15) is 0 Å². The van der Waals surface area contributed by atoms with E-state index in [1.165, 1.54) is 0 Å². The molecule has 0 aromatic heterocycles. The Morgan fingerprint density at radius 2 is 1.58 bits per heavy atom. The van der Waals surface area contributed by atoms with Crippen molar-refractivity contribution < 1.29 is 9.47 Å². The molecule has 0 saturated carbocycles. The largest absolute Gasteiger partial charge is 0.378 e. The summed E-state index contributed by atoms with van der Waals surface area (Å²) in [4.78, 5) is 2.12. The second-order valence-corrected chi connectivity index (χ2v) is 7.21. The van der Waals surface area contributed by atoms with Crippen LogP contribution in [0.25, 0.3) is 0 Å². The summed E-state index contributed by atoms with van der Waals surface area (Å²) in [7, 11) is 4.11. The van der Waals surface area contributed by atoms with Gasteiger partial charge in [-0.1, -0.05) is 0 Å². The van der Waals surface area contributed by atoms with Crippen LogP contribution in [0, 0.1) is 0 Å². The van der Waals surface area contributed by atoms with Gasteiger partial charge in [-0.25, -0.2) is 0 Å². The van der Waals surface area contributed by atoms with Crippen LogP contribution in [0.3, 0.4) is 0 Å². The Hall–Kier alpha value is -0.160. The number of nitrogens with zero attached hydrogens (tertiary/aromatic N) is 1. The van der Waals surface area contributed by atoms with Gasteiger partial charge in [-0.15, -0.1) is 0 Å². The Morgan fingerprint density at radius 1 is 1.00 bits per heavy atom. The highest BCUT2D eigenvalue weighted by Crippen LogP contribution is 2.30. The summed E-state index contributed by atoms with van der Waals surface area (Å²) >= 11 is 0. The fourth-order valence-electron chi connectivity index (χ4n) is 2.97. The van der Waals surface area contributed by atoms with Crippen molar-refractivity contribution in [3.63, 3.8) is 0 Å². The van der Waals surface area contributed by atoms with E-state index in [-0.39, 0.29) is 11.1 Å². The van der Waals surface area contributed by atoms with E-state index in [2.05, 4.69) is 52.0 Å². The van der Waals surface area contributed by atoms with E-state index in [1.807, 2.05) is 0 Å². The molecule has 0 radical (unpaired) electrons. The predicted molar refractivity (Wildman–Crippen MR) is 79.6 cm³/mol. The van der Waals surface area contributed by atoms with Gasteiger partial charge in [0, 0.05) is 17.6 Å². The molecule has 114 valence electrons. The normalized spacial score (nSPS) is 22.9. The van der Waals surface area contributed by atoms with E-state index < -0.39 is 0 Å². The minimum absolute atomic E-state index is 0.151. The lowest BCUT2D eigenvalue weighted by atomic mass is 9.81. The molecule has 0 atom stereocenters. The van der Waals surface area contributed by atoms with Crippen molar-refractivity contribution in [3.8, 4) is 0 Å². The van der Waals surface area contributed by atoms with Crippen molar-refractivity contribution in [2.45, 2.75) is 57.7 Å². The summed E-state index contributed by atoms with van der Waals surface area (Å²) < 4.78 is 11.5. The average molecular weight is 272 g/mol. The van der Waals surface area contributed by atoms with Crippen LogP contribution >= 0.6 is 0 Å². The van der Waals surface area contributed by atoms with Crippen LogP contribution in [0.1, 0.15) is 40.5 Å². The first kappa shape index (κ1) is 16.9. The number of likely N-dealkylation sites (N-methyl/N-ethyl adjacent to an activating group) is 1. The summed E-state index contributed by atoms with van der Waals surface area (Å²) in [5.41, 5.74) is 0.302. The van der Waals surface area contributed by atoms with Crippen LogP contribution in [0.15, 0.2) is 0 Å². The summed E-state index contributed by atoms with van der Waals surface area (Å²) in [6.45, 7) is 12.1. The molecule has 0 unspecified atom stereocenters. The first-order chi connectivity index (χ1) is 8.70. The number of hydrogen-bond acceptors (Lipinski definition) is 4. The summed E-state index contributed by atoms with van der Waals surface area (Å²) in [5, 5.41) is 3.67. The summed E-state index contributed by atoms with van der Waals surface area (Å²) in [6.07, 6.45) is 2.46. The van der Waals surface area contributed by atoms with Crippen LogP contribution in [0.5, 0.6) is 0 Å². The lowest BCUT2D eigenvalue weighted by Crippen LogP contribution is -2.59. The van der Waals surface area contributed by atoms with E-state index in [0.29, 0.717) is 19.3 Å². The van der Waals surface area contributed by atoms with E-state index >= 15 is 0 Å². The molecule has 1 heterocycles. The maximum absolute atomic E-state index is 5.98. The zero-order chi connectivity index (χ0) is 14.5. The van der Waals surface area contributed by atoms with Crippen molar-refractivity contribution in [1.29, 1.82) is 0 Å². The number of piperidine rings is 1. The molecular weight excluding hydrogens is 240 g/mol. The van der Waals surface area contributed by atoms with Crippen molar-refractivity contribution in [1.82, 2.24) is 10.2 Å². The first-order valence-corrected chi connectivity index (χ1v) is 7.34. The van der Waals surface area contributed by atoms with Gasteiger partial charge in [0.05, 0.1) is 25.9 Å². The highest BCUT2D eigenvalue weighted by Gasteiger charge is 2.37. The average Bonchev–Trinajstić information content (AvgIpc) is 2.18. The molecule has 1 rings (SSSR count). The highest BCUT2D eigenvalue weighted by atomic mass is 16.5. The molecule has 4 heteroatoms. The van der Waals surface area contributed by atoms with Crippen LogP contribution in [0.4, 0.5) is 0 Å². The van der Waals surface area contributed by atoms with Gasteiger partial charge in [0.1, 0.15) is 0 Å². The summed E-state index contributed by atoms with van der Waals surface area (Å²) in [6, 6.07) is 0. The van der Waals surface area contributed by atoms with E-state index in [4.69, 9.17) is 9.47 Å². The molecule has 0 bridgehead atoms. The van der Waals surface area contributed by atoms with E-state index in [0.717, 1.165) is 26.0 Å². The minimum atomic E-state index is 0.151. The number of ether oxygens (including phenoxy) is 2. The number of rotatable bonds is 7.